The number of nitrogens with one attached hydrogen (secondary N) is 2. The van der Waals surface area contributed by atoms with Crippen LogP contribution in [0.15, 0.2) is 35.7 Å². The van der Waals surface area contributed by atoms with Gasteiger partial charge in [0.05, 0.1) is 10.6 Å². The van der Waals surface area contributed by atoms with Gasteiger partial charge in [0.1, 0.15) is 0 Å². The normalized spacial score (nSPS) is 12.3. The number of hydrazine groups is 1. The summed E-state index contributed by atoms with van der Waals surface area (Å²) in [5.74, 6) is 0. The van der Waals surface area contributed by atoms with Crippen LogP contribution >= 0.6 is 11.2 Å². The van der Waals surface area contributed by atoms with E-state index < -0.39 is 16.1 Å². The third kappa shape index (κ3) is 2.90. The molecule has 2 N–H and O–H groups in total. The molecule has 1 aromatic rings. The Bertz CT molecular complexity index is 363. The van der Waals surface area contributed by atoms with Gasteiger partial charge in [0.2, 0.25) is 11.2 Å². The van der Waals surface area contributed by atoms with Crippen molar-refractivity contribution in [3.63, 3.8) is 0 Å². The van der Waals surface area contributed by atoms with Crippen molar-refractivity contribution in [3.8, 4) is 0 Å². The molecule has 0 aliphatic rings. The molecular formula is C9H11F3N2S. The number of rotatable bonds is 4. The van der Waals surface area contributed by atoms with Crippen LogP contribution in [0.1, 0.15) is 5.56 Å². The highest BCUT2D eigenvalue weighted by atomic mass is 32.3. The molecule has 0 bridgehead atoms. The van der Waals surface area contributed by atoms with Crippen LogP contribution in [-0.2, 0) is 0 Å². The van der Waals surface area contributed by atoms with Gasteiger partial charge in [-0.05, 0) is 6.07 Å². The topological polar surface area (TPSA) is 24.1 Å². The zero-order valence-corrected chi connectivity index (χ0v) is 8.88. The van der Waals surface area contributed by atoms with Gasteiger partial charge >= 0.3 is 0 Å². The molecule has 6 heteroatoms. The summed E-state index contributed by atoms with van der Waals surface area (Å²) in [5, 5.41) is 0. The van der Waals surface area contributed by atoms with Crippen molar-refractivity contribution in [2.24, 2.45) is 0 Å². The van der Waals surface area contributed by atoms with E-state index >= 15 is 0 Å². The molecule has 0 saturated carbocycles. The van der Waals surface area contributed by atoms with Gasteiger partial charge in [0, 0.05) is 12.6 Å². The fraction of sp³-hybridized carbons (Fsp3) is 0.111. The maximum Gasteiger partial charge on any atom is 0.238 e. The van der Waals surface area contributed by atoms with E-state index in [1.807, 2.05) is 0 Å². The van der Waals surface area contributed by atoms with Crippen molar-refractivity contribution in [1.29, 1.82) is 0 Å². The largest absolute Gasteiger partial charge is 0.322 e. The fourth-order valence-corrected chi connectivity index (χ4v) is 1.81. The monoisotopic (exact) mass is 236 g/mol. The third-order valence-corrected chi connectivity index (χ3v) is 2.59. The molecule has 0 aliphatic carbocycles. The molecule has 84 valence electrons. The molecule has 0 unspecified atom stereocenters. The highest BCUT2D eigenvalue weighted by Crippen LogP contribution is 2.62. The molecule has 0 aromatic heterocycles. The first kappa shape index (κ1) is 11.9. The fourth-order valence-electron chi connectivity index (χ4n) is 1.14. The SMILES string of the molecule is C=C(NNC)c1ccccc1S(F)(F)F. The van der Waals surface area contributed by atoms with Crippen molar-refractivity contribution < 1.29 is 11.7 Å². The van der Waals surface area contributed by atoms with Crippen molar-refractivity contribution >= 4 is 16.9 Å². The van der Waals surface area contributed by atoms with E-state index in [2.05, 4.69) is 17.4 Å². The molecule has 0 spiro atoms. The van der Waals surface area contributed by atoms with E-state index in [0.717, 1.165) is 6.07 Å². The molecule has 0 saturated heterocycles. The minimum atomic E-state index is -5.23. The van der Waals surface area contributed by atoms with Gasteiger partial charge in [-0.3, -0.25) is 0 Å². The molecule has 0 fully saturated rings. The molecule has 1 aromatic carbocycles. The van der Waals surface area contributed by atoms with Gasteiger partial charge < -0.3 is 5.43 Å². The van der Waals surface area contributed by atoms with Crippen molar-refractivity contribution in [2.45, 2.75) is 4.90 Å². The maximum absolute atomic E-state index is 12.6. The Hall–Kier alpha value is -1.14. The minimum Gasteiger partial charge on any atom is -0.322 e. The molecular weight excluding hydrogens is 225 g/mol. The van der Waals surface area contributed by atoms with E-state index in [0.29, 0.717) is 0 Å². The lowest BCUT2D eigenvalue weighted by molar-refractivity contribution is 0.631. The summed E-state index contributed by atoms with van der Waals surface area (Å²) in [4.78, 5) is -0.613. The first-order valence-corrected chi connectivity index (χ1v) is 5.43. The van der Waals surface area contributed by atoms with E-state index in [1.165, 1.54) is 12.1 Å². The molecule has 0 aliphatic heterocycles. The second kappa shape index (κ2) is 4.59. The van der Waals surface area contributed by atoms with Crippen LogP contribution in [0.4, 0.5) is 11.7 Å². The smallest absolute Gasteiger partial charge is 0.238 e. The molecule has 15 heavy (non-hydrogen) atoms. The number of hydrogen-bond acceptors (Lipinski definition) is 2. The van der Waals surface area contributed by atoms with Crippen LogP contribution in [0, 0.1) is 0 Å². The summed E-state index contributed by atoms with van der Waals surface area (Å²) < 4.78 is 37.9. The van der Waals surface area contributed by atoms with E-state index in [4.69, 9.17) is 0 Å². The Labute approximate surface area is 88.3 Å². The van der Waals surface area contributed by atoms with Gasteiger partial charge in [0.15, 0.2) is 0 Å². The van der Waals surface area contributed by atoms with Crippen molar-refractivity contribution in [1.82, 2.24) is 10.9 Å². The van der Waals surface area contributed by atoms with Crippen molar-refractivity contribution in [3.05, 3.63) is 36.4 Å². The van der Waals surface area contributed by atoms with Gasteiger partial charge in [0.25, 0.3) is 0 Å². The van der Waals surface area contributed by atoms with Gasteiger partial charge in [-0.1, -0.05) is 24.8 Å². The molecule has 0 radical (unpaired) electrons. The average Bonchev–Trinajstić information content (AvgIpc) is 2.17. The summed E-state index contributed by atoms with van der Waals surface area (Å²) in [5.41, 5.74) is 5.36. The number of benzene rings is 1. The summed E-state index contributed by atoms with van der Waals surface area (Å²) in [6.45, 7) is 3.53. The molecule has 0 heterocycles. The Morgan fingerprint density at radius 1 is 1.27 bits per heavy atom. The van der Waals surface area contributed by atoms with Gasteiger partial charge in [-0.15, -0.1) is 11.7 Å². The van der Waals surface area contributed by atoms with Crippen LogP contribution in [0.2, 0.25) is 0 Å². The molecule has 0 atom stereocenters. The highest BCUT2D eigenvalue weighted by Gasteiger charge is 2.27. The van der Waals surface area contributed by atoms with E-state index in [9.17, 15) is 11.7 Å². The van der Waals surface area contributed by atoms with Gasteiger partial charge in [-0.25, -0.2) is 5.43 Å². The Morgan fingerprint density at radius 3 is 2.40 bits per heavy atom. The van der Waals surface area contributed by atoms with E-state index in [1.54, 1.807) is 13.1 Å². The predicted molar refractivity (Wildman–Crippen MR) is 56.9 cm³/mol. The van der Waals surface area contributed by atoms with Gasteiger partial charge in [-0.2, -0.15) is 0 Å². The standard InChI is InChI=1S/C9H11F3N2S/c1-7(14-13-2)8-5-3-4-6-9(8)15(10,11)12/h3-6,13-14H,1H2,2H3. The van der Waals surface area contributed by atoms with Crippen LogP contribution in [0.25, 0.3) is 5.70 Å². The van der Waals surface area contributed by atoms with Crippen molar-refractivity contribution in [2.75, 3.05) is 7.05 Å². The molecule has 0 amide bonds. The lowest BCUT2D eigenvalue weighted by Crippen LogP contribution is -2.25. The zero-order valence-electron chi connectivity index (χ0n) is 8.06. The van der Waals surface area contributed by atoms with Crippen LogP contribution in [-0.4, -0.2) is 7.05 Å². The Kier molecular flexibility index (Phi) is 3.65. The lowest BCUT2D eigenvalue weighted by Gasteiger charge is -2.16. The predicted octanol–water partition coefficient (Wildman–Crippen LogP) is 3.20. The molecule has 1 rings (SSSR count). The van der Waals surface area contributed by atoms with E-state index in [-0.39, 0.29) is 11.3 Å². The summed E-state index contributed by atoms with van der Waals surface area (Å²) in [6, 6.07) is 5.37. The summed E-state index contributed by atoms with van der Waals surface area (Å²) in [6.07, 6.45) is 0. The number of hydrogen-bond donors (Lipinski definition) is 2. The average molecular weight is 236 g/mol. The highest BCUT2D eigenvalue weighted by molar-refractivity contribution is 8.21. The second-order valence-corrected chi connectivity index (χ2v) is 4.01. The lowest BCUT2D eigenvalue weighted by atomic mass is 10.2. The first-order chi connectivity index (χ1) is 6.96. The van der Waals surface area contributed by atoms with Crippen LogP contribution in [0.3, 0.4) is 0 Å². The zero-order chi connectivity index (χ0) is 11.5. The Morgan fingerprint density at radius 2 is 1.87 bits per heavy atom. The minimum absolute atomic E-state index is 0.0781. The first-order valence-electron chi connectivity index (χ1n) is 4.10. The summed E-state index contributed by atoms with van der Waals surface area (Å²) >= 11 is -5.23. The quantitative estimate of drug-likeness (QED) is 0.784. The maximum atomic E-state index is 12.6. The number of halogens is 3. The molecule has 2 nitrogen and oxygen atoms in total. The van der Waals surface area contributed by atoms with Crippen LogP contribution in [0.5, 0.6) is 0 Å². The second-order valence-electron chi connectivity index (χ2n) is 2.76. The summed E-state index contributed by atoms with van der Waals surface area (Å²) in [7, 11) is 1.56. The Balaban J connectivity index is 3.12. The third-order valence-electron chi connectivity index (χ3n) is 1.74. The van der Waals surface area contributed by atoms with Crippen LogP contribution < -0.4 is 10.9 Å².